The number of nitrogens with one attached hydrogen (secondary N) is 2. The van der Waals surface area contributed by atoms with Gasteiger partial charge in [-0.1, -0.05) is 19.1 Å². The van der Waals surface area contributed by atoms with E-state index in [9.17, 15) is 9.59 Å². The Hall–Kier alpha value is -3.14. The number of hydrogen-bond donors (Lipinski definition) is 2. The SMILES string of the molecule is COc1ccc(N2CCN(CCCNC(=O)c3nnn4c3C(=O)NC(C(C)C)C4)CC2)cc1. The Morgan fingerprint density at radius 1 is 1.21 bits per heavy atom. The zero-order chi connectivity index (χ0) is 23.4. The third kappa shape index (κ3) is 5.27. The first-order valence-corrected chi connectivity index (χ1v) is 11.6. The van der Waals surface area contributed by atoms with Gasteiger partial charge in [-0.05, 0) is 43.1 Å². The van der Waals surface area contributed by atoms with Crippen LogP contribution in [-0.2, 0) is 6.54 Å². The summed E-state index contributed by atoms with van der Waals surface area (Å²) in [7, 11) is 1.68. The molecule has 0 aliphatic carbocycles. The molecular formula is C23H33N7O3. The lowest BCUT2D eigenvalue weighted by Gasteiger charge is -2.36. The Kier molecular flexibility index (Phi) is 7.12. The van der Waals surface area contributed by atoms with Crippen LogP contribution in [-0.4, -0.2) is 84.1 Å². The molecule has 2 aromatic rings. The van der Waals surface area contributed by atoms with Crippen LogP contribution < -0.4 is 20.3 Å². The van der Waals surface area contributed by atoms with Gasteiger partial charge in [0.1, 0.15) is 5.75 Å². The van der Waals surface area contributed by atoms with E-state index in [1.54, 1.807) is 11.8 Å². The topological polar surface area (TPSA) is 105 Å². The third-order valence-electron chi connectivity index (χ3n) is 6.40. The number of anilines is 1. The molecule has 2 aliphatic rings. The van der Waals surface area contributed by atoms with Crippen molar-refractivity contribution in [3.63, 3.8) is 0 Å². The molecule has 4 rings (SSSR count). The summed E-state index contributed by atoms with van der Waals surface area (Å²) in [6.07, 6.45) is 0.833. The van der Waals surface area contributed by atoms with Gasteiger partial charge in [-0.3, -0.25) is 14.5 Å². The molecule has 0 bridgehead atoms. The number of aromatic nitrogens is 3. The summed E-state index contributed by atoms with van der Waals surface area (Å²) in [6.45, 7) is 9.95. The normalized spacial score (nSPS) is 18.7. The van der Waals surface area contributed by atoms with Gasteiger partial charge >= 0.3 is 0 Å². The number of nitrogens with zero attached hydrogens (tertiary/aromatic N) is 5. The van der Waals surface area contributed by atoms with Gasteiger partial charge in [0.05, 0.1) is 19.7 Å². The van der Waals surface area contributed by atoms with Gasteiger partial charge < -0.3 is 20.3 Å². The molecule has 1 saturated heterocycles. The lowest BCUT2D eigenvalue weighted by atomic mass is 10.0. The van der Waals surface area contributed by atoms with E-state index >= 15 is 0 Å². The fourth-order valence-corrected chi connectivity index (χ4v) is 4.28. The highest BCUT2D eigenvalue weighted by molar-refractivity contribution is 6.05. The van der Waals surface area contributed by atoms with Crippen LogP contribution in [0.1, 0.15) is 41.2 Å². The highest BCUT2D eigenvalue weighted by atomic mass is 16.5. The number of carbonyl (C=O) groups is 2. The van der Waals surface area contributed by atoms with Crippen molar-refractivity contribution in [1.29, 1.82) is 0 Å². The summed E-state index contributed by atoms with van der Waals surface area (Å²) in [5, 5.41) is 13.8. The molecular weight excluding hydrogens is 422 g/mol. The minimum Gasteiger partial charge on any atom is -0.497 e. The Labute approximate surface area is 194 Å². The van der Waals surface area contributed by atoms with Crippen molar-refractivity contribution < 1.29 is 14.3 Å². The lowest BCUT2D eigenvalue weighted by molar-refractivity contribution is 0.0861. The van der Waals surface area contributed by atoms with Crippen molar-refractivity contribution in [1.82, 2.24) is 30.5 Å². The number of methoxy groups -OCH3 is 1. The highest BCUT2D eigenvalue weighted by Gasteiger charge is 2.32. The summed E-state index contributed by atoms with van der Waals surface area (Å²) in [5.74, 6) is 0.511. The lowest BCUT2D eigenvalue weighted by Crippen LogP contribution is -2.48. The molecule has 33 heavy (non-hydrogen) atoms. The quantitative estimate of drug-likeness (QED) is 0.572. The van der Waals surface area contributed by atoms with E-state index in [1.165, 1.54) is 5.69 Å². The maximum absolute atomic E-state index is 12.6. The summed E-state index contributed by atoms with van der Waals surface area (Å²) in [5.41, 5.74) is 1.56. The molecule has 1 aromatic heterocycles. The molecule has 2 amide bonds. The van der Waals surface area contributed by atoms with Crippen LogP contribution in [0.25, 0.3) is 0 Å². The molecule has 0 saturated carbocycles. The van der Waals surface area contributed by atoms with Gasteiger partial charge in [0.15, 0.2) is 11.4 Å². The average Bonchev–Trinajstić information content (AvgIpc) is 3.27. The smallest absolute Gasteiger partial charge is 0.274 e. The predicted molar refractivity (Wildman–Crippen MR) is 125 cm³/mol. The summed E-state index contributed by atoms with van der Waals surface area (Å²) >= 11 is 0. The Balaban J connectivity index is 1.20. The summed E-state index contributed by atoms with van der Waals surface area (Å²) in [6, 6.07) is 8.16. The molecule has 178 valence electrons. The second-order valence-electron chi connectivity index (χ2n) is 8.93. The van der Waals surface area contributed by atoms with Gasteiger partial charge in [0, 0.05) is 38.4 Å². The Morgan fingerprint density at radius 3 is 2.61 bits per heavy atom. The molecule has 10 nitrogen and oxygen atoms in total. The number of fused-ring (bicyclic) bond motifs is 1. The van der Waals surface area contributed by atoms with Gasteiger partial charge in [-0.15, -0.1) is 5.10 Å². The molecule has 3 heterocycles. The van der Waals surface area contributed by atoms with Crippen molar-refractivity contribution in [3.05, 3.63) is 35.7 Å². The fraction of sp³-hybridized carbons (Fsp3) is 0.565. The summed E-state index contributed by atoms with van der Waals surface area (Å²) < 4.78 is 6.77. The van der Waals surface area contributed by atoms with Crippen molar-refractivity contribution in [2.45, 2.75) is 32.9 Å². The van der Waals surface area contributed by atoms with E-state index in [2.05, 4.69) is 42.9 Å². The minimum absolute atomic E-state index is 0.00667. The minimum atomic E-state index is -0.348. The average molecular weight is 456 g/mol. The van der Waals surface area contributed by atoms with Gasteiger partial charge in [0.2, 0.25) is 0 Å². The number of benzene rings is 1. The van der Waals surface area contributed by atoms with Crippen LogP contribution in [0.4, 0.5) is 5.69 Å². The van der Waals surface area contributed by atoms with Crippen LogP contribution in [0.2, 0.25) is 0 Å². The van der Waals surface area contributed by atoms with E-state index in [0.29, 0.717) is 13.1 Å². The number of rotatable bonds is 8. The maximum Gasteiger partial charge on any atom is 0.274 e. The summed E-state index contributed by atoms with van der Waals surface area (Å²) in [4.78, 5) is 29.9. The first-order valence-electron chi connectivity index (χ1n) is 11.6. The molecule has 2 N–H and O–H groups in total. The van der Waals surface area contributed by atoms with E-state index < -0.39 is 0 Å². The Bertz CT molecular complexity index is 965. The van der Waals surface area contributed by atoms with Crippen LogP contribution in [0.5, 0.6) is 5.75 Å². The fourth-order valence-electron chi connectivity index (χ4n) is 4.28. The number of piperazine rings is 1. The van der Waals surface area contributed by atoms with E-state index in [1.807, 2.05) is 26.0 Å². The van der Waals surface area contributed by atoms with Gasteiger partial charge in [-0.2, -0.15) is 0 Å². The second-order valence-corrected chi connectivity index (χ2v) is 8.93. The molecule has 0 spiro atoms. The molecule has 1 aromatic carbocycles. The van der Waals surface area contributed by atoms with Crippen molar-refractivity contribution in [3.8, 4) is 5.75 Å². The highest BCUT2D eigenvalue weighted by Crippen LogP contribution is 2.20. The van der Waals surface area contributed by atoms with Crippen LogP contribution in [0.15, 0.2) is 24.3 Å². The maximum atomic E-state index is 12.6. The standard InChI is InChI=1S/C23H33N7O3/c1-16(2)19-15-30-21(23(32)25-19)20(26-27-30)22(31)24-9-4-10-28-11-13-29(14-12-28)17-5-7-18(33-3)8-6-17/h5-8,16,19H,4,9-15H2,1-3H3,(H,24,31)(H,25,32). The Morgan fingerprint density at radius 2 is 1.94 bits per heavy atom. The molecule has 10 heteroatoms. The predicted octanol–water partition coefficient (Wildman–Crippen LogP) is 0.997. The van der Waals surface area contributed by atoms with Crippen molar-refractivity contribution >= 4 is 17.5 Å². The third-order valence-corrected chi connectivity index (χ3v) is 6.40. The number of hydrogen-bond acceptors (Lipinski definition) is 7. The molecule has 1 atom stereocenters. The zero-order valence-electron chi connectivity index (χ0n) is 19.6. The molecule has 0 radical (unpaired) electrons. The van der Waals surface area contributed by atoms with Crippen molar-refractivity contribution in [2.75, 3.05) is 51.3 Å². The second kappa shape index (κ2) is 10.2. The van der Waals surface area contributed by atoms with E-state index in [-0.39, 0.29) is 35.2 Å². The van der Waals surface area contributed by atoms with Crippen LogP contribution in [0.3, 0.4) is 0 Å². The first-order chi connectivity index (χ1) is 16.0. The molecule has 2 aliphatic heterocycles. The monoisotopic (exact) mass is 455 g/mol. The number of amides is 2. The van der Waals surface area contributed by atoms with Gasteiger partial charge in [-0.25, -0.2) is 4.68 Å². The number of carbonyl (C=O) groups excluding carboxylic acids is 2. The number of ether oxygens (including phenoxy) is 1. The van der Waals surface area contributed by atoms with Crippen LogP contribution in [0, 0.1) is 5.92 Å². The van der Waals surface area contributed by atoms with Gasteiger partial charge in [0.25, 0.3) is 11.8 Å². The largest absolute Gasteiger partial charge is 0.497 e. The molecule has 1 unspecified atom stereocenters. The first kappa shape index (κ1) is 23.0. The van der Waals surface area contributed by atoms with E-state index in [4.69, 9.17) is 4.74 Å². The van der Waals surface area contributed by atoms with Crippen molar-refractivity contribution in [2.24, 2.45) is 5.92 Å². The zero-order valence-corrected chi connectivity index (χ0v) is 19.6. The molecule has 1 fully saturated rings. The van der Waals surface area contributed by atoms with E-state index in [0.717, 1.165) is 44.9 Å². The van der Waals surface area contributed by atoms with Crippen LogP contribution >= 0.6 is 0 Å².